The average molecular weight is 427 g/mol. The summed E-state index contributed by atoms with van der Waals surface area (Å²) in [6.45, 7) is 1.50. The largest absolute Gasteiger partial charge is 0.506 e. The Morgan fingerprint density at radius 3 is 2.69 bits per heavy atom. The fourth-order valence-electron chi connectivity index (χ4n) is 4.33. The van der Waals surface area contributed by atoms with Gasteiger partial charge in [0.2, 0.25) is 5.91 Å². The third kappa shape index (κ3) is 3.02. The van der Waals surface area contributed by atoms with Gasteiger partial charge in [0.15, 0.2) is 5.60 Å². The van der Waals surface area contributed by atoms with Gasteiger partial charge >= 0.3 is 6.18 Å². The number of phenols is 1. The number of aromatic hydroxyl groups is 1. The lowest BCUT2D eigenvalue weighted by Gasteiger charge is -2.45. The second kappa shape index (κ2) is 6.53. The van der Waals surface area contributed by atoms with E-state index in [0.717, 1.165) is 0 Å². The number of fused-ring (bicyclic) bond motifs is 2. The van der Waals surface area contributed by atoms with Crippen LogP contribution in [0.1, 0.15) is 42.0 Å². The van der Waals surface area contributed by atoms with Gasteiger partial charge in [0, 0.05) is 22.5 Å². The van der Waals surface area contributed by atoms with Gasteiger partial charge in [-0.3, -0.25) is 4.79 Å². The van der Waals surface area contributed by atoms with Crippen molar-refractivity contribution in [3.8, 4) is 5.75 Å². The number of hydrogen-bond donors (Lipinski definition) is 4. The van der Waals surface area contributed by atoms with Gasteiger partial charge < -0.3 is 20.8 Å². The number of carbonyl (C=O) groups is 1. The summed E-state index contributed by atoms with van der Waals surface area (Å²) >= 11 is 5.97. The van der Waals surface area contributed by atoms with Crippen molar-refractivity contribution in [2.75, 3.05) is 10.6 Å². The van der Waals surface area contributed by atoms with Crippen LogP contribution in [0.3, 0.4) is 0 Å². The van der Waals surface area contributed by atoms with E-state index in [4.69, 9.17) is 11.6 Å². The van der Waals surface area contributed by atoms with Gasteiger partial charge in [-0.25, -0.2) is 0 Å². The molecule has 2 aliphatic rings. The molecule has 2 aromatic carbocycles. The van der Waals surface area contributed by atoms with Crippen LogP contribution in [0, 0.1) is 0 Å². The lowest BCUT2D eigenvalue weighted by atomic mass is 9.70. The lowest BCUT2D eigenvalue weighted by molar-refractivity contribution is -0.272. The van der Waals surface area contributed by atoms with E-state index in [1.54, 1.807) is 18.2 Å². The van der Waals surface area contributed by atoms with E-state index in [-0.39, 0.29) is 34.2 Å². The predicted octanol–water partition coefficient (Wildman–Crippen LogP) is 4.49. The molecule has 0 fully saturated rings. The normalized spacial score (nSPS) is 25.9. The summed E-state index contributed by atoms with van der Waals surface area (Å²) in [4.78, 5) is 11.7. The first-order valence-electron chi connectivity index (χ1n) is 9.01. The number of phenolic OH excluding ortho intramolecular Hbond substituents is 1. The zero-order chi connectivity index (χ0) is 21.1. The third-order valence-electron chi connectivity index (χ3n) is 5.68. The Balaban J connectivity index is 1.88. The first-order valence-corrected chi connectivity index (χ1v) is 9.39. The van der Waals surface area contributed by atoms with Crippen LogP contribution >= 0.6 is 11.6 Å². The Morgan fingerprint density at radius 1 is 1.28 bits per heavy atom. The van der Waals surface area contributed by atoms with E-state index in [9.17, 15) is 28.2 Å². The highest BCUT2D eigenvalue weighted by molar-refractivity contribution is 6.32. The summed E-state index contributed by atoms with van der Waals surface area (Å²) in [6.07, 6.45) is -5.57. The Hall–Kier alpha value is -2.45. The summed E-state index contributed by atoms with van der Waals surface area (Å²) in [5.41, 5.74) is -1.35. The molecule has 0 radical (unpaired) electrons. The van der Waals surface area contributed by atoms with Gasteiger partial charge in [-0.05, 0) is 36.1 Å². The lowest BCUT2D eigenvalue weighted by Crippen LogP contribution is -2.55. The van der Waals surface area contributed by atoms with Gasteiger partial charge in [-0.15, -0.1) is 0 Å². The number of amides is 1. The number of rotatable bonds is 2. The predicted molar refractivity (Wildman–Crippen MR) is 102 cm³/mol. The number of carbonyl (C=O) groups excluding carboxylic acids is 1. The monoisotopic (exact) mass is 426 g/mol. The number of anilines is 2. The van der Waals surface area contributed by atoms with Gasteiger partial charge in [-0.2, -0.15) is 13.2 Å². The molecule has 29 heavy (non-hydrogen) atoms. The van der Waals surface area contributed by atoms with Crippen LogP contribution in [0.2, 0.25) is 5.02 Å². The molecule has 5 nitrogen and oxygen atoms in total. The fraction of sp³-hybridized carbons (Fsp3) is 0.350. The van der Waals surface area contributed by atoms with Crippen molar-refractivity contribution in [3.63, 3.8) is 0 Å². The molecule has 2 aromatic rings. The second-order valence-corrected chi connectivity index (χ2v) is 7.97. The van der Waals surface area contributed by atoms with Crippen LogP contribution < -0.4 is 10.6 Å². The molecule has 1 aliphatic heterocycles. The number of nitrogens with one attached hydrogen (secondary N) is 2. The van der Waals surface area contributed by atoms with Crippen molar-refractivity contribution in [1.82, 2.24) is 0 Å². The Kier molecular flexibility index (Phi) is 4.47. The summed E-state index contributed by atoms with van der Waals surface area (Å²) < 4.78 is 42.0. The SMILES string of the molecule is C[C@H]1C[C@](O)(C(F)(F)F)C(Nc2cccc3c2CC(=O)N3)c2ccc(Cl)c(O)c21. The molecule has 154 valence electrons. The maximum Gasteiger partial charge on any atom is 0.419 e. The van der Waals surface area contributed by atoms with Crippen LogP contribution in [0.4, 0.5) is 24.5 Å². The Labute approximate surface area is 169 Å². The highest BCUT2D eigenvalue weighted by Gasteiger charge is 2.62. The minimum absolute atomic E-state index is 0.0187. The summed E-state index contributed by atoms with van der Waals surface area (Å²) in [7, 11) is 0. The van der Waals surface area contributed by atoms with Crippen molar-refractivity contribution in [2.45, 2.75) is 43.5 Å². The molecule has 0 spiro atoms. The molecule has 1 amide bonds. The van der Waals surface area contributed by atoms with Crippen molar-refractivity contribution in [2.24, 2.45) is 0 Å². The molecular weight excluding hydrogens is 409 g/mol. The van der Waals surface area contributed by atoms with Gasteiger partial charge in [0.05, 0.1) is 17.5 Å². The van der Waals surface area contributed by atoms with E-state index >= 15 is 0 Å². The smallest absolute Gasteiger partial charge is 0.419 e. The molecular formula is C20H18ClF3N2O3. The summed E-state index contributed by atoms with van der Waals surface area (Å²) in [5.74, 6) is -1.33. The van der Waals surface area contributed by atoms with Crippen LogP contribution in [-0.2, 0) is 11.2 Å². The van der Waals surface area contributed by atoms with Crippen LogP contribution in [0.25, 0.3) is 0 Å². The minimum atomic E-state index is -4.93. The maximum absolute atomic E-state index is 14.0. The zero-order valence-corrected chi connectivity index (χ0v) is 16.0. The van der Waals surface area contributed by atoms with E-state index in [1.165, 1.54) is 19.1 Å². The van der Waals surface area contributed by atoms with Crippen molar-refractivity contribution in [1.29, 1.82) is 0 Å². The molecule has 0 saturated heterocycles. The summed E-state index contributed by atoms with van der Waals surface area (Å²) in [5, 5.41) is 26.7. The molecule has 1 heterocycles. The molecule has 4 N–H and O–H groups in total. The topological polar surface area (TPSA) is 81.6 Å². The molecule has 0 bridgehead atoms. The Bertz CT molecular complexity index is 1010. The van der Waals surface area contributed by atoms with E-state index in [2.05, 4.69) is 10.6 Å². The van der Waals surface area contributed by atoms with Crippen molar-refractivity contribution in [3.05, 3.63) is 52.0 Å². The second-order valence-electron chi connectivity index (χ2n) is 7.56. The Morgan fingerprint density at radius 2 is 2.00 bits per heavy atom. The first-order chi connectivity index (χ1) is 13.5. The quantitative estimate of drug-likeness (QED) is 0.570. The van der Waals surface area contributed by atoms with Gasteiger partial charge in [0.25, 0.3) is 0 Å². The number of benzene rings is 2. The van der Waals surface area contributed by atoms with Gasteiger partial charge in [0.1, 0.15) is 5.75 Å². The molecule has 0 saturated carbocycles. The zero-order valence-electron chi connectivity index (χ0n) is 15.3. The van der Waals surface area contributed by atoms with Gasteiger partial charge in [-0.1, -0.05) is 30.7 Å². The molecule has 1 unspecified atom stereocenters. The first kappa shape index (κ1) is 19.8. The molecule has 0 aromatic heterocycles. The highest BCUT2D eigenvalue weighted by Crippen LogP contribution is 2.55. The number of alkyl halides is 3. The number of aliphatic hydroxyl groups is 1. The van der Waals surface area contributed by atoms with Crippen LogP contribution in [-0.4, -0.2) is 27.9 Å². The molecule has 1 aliphatic carbocycles. The summed E-state index contributed by atoms with van der Waals surface area (Å²) in [6, 6.07) is 5.91. The average Bonchev–Trinajstić information content (AvgIpc) is 3.01. The van der Waals surface area contributed by atoms with E-state index < -0.39 is 30.2 Å². The molecule has 9 heteroatoms. The van der Waals surface area contributed by atoms with Crippen molar-refractivity contribution < 1.29 is 28.2 Å². The number of halogens is 4. The third-order valence-corrected chi connectivity index (χ3v) is 5.98. The van der Waals surface area contributed by atoms with Crippen LogP contribution in [0.15, 0.2) is 30.3 Å². The maximum atomic E-state index is 14.0. The standard InChI is InChI=1S/C20H18ClF3N2O3/c1-9-8-19(29,20(22,23)24)18(10-5-6-12(21)17(28)16(9)10)26-14-4-2-3-13-11(14)7-15(27)25-13/h2-6,9,18,26,28-29H,7-8H2,1H3,(H,25,27)/t9-,18?,19+/m0/s1. The molecule has 4 rings (SSSR count). The van der Waals surface area contributed by atoms with Crippen LogP contribution in [0.5, 0.6) is 5.75 Å². The fourth-order valence-corrected chi connectivity index (χ4v) is 4.49. The highest BCUT2D eigenvalue weighted by atomic mass is 35.5. The van der Waals surface area contributed by atoms with E-state index in [1.807, 2.05) is 0 Å². The minimum Gasteiger partial charge on any atom is -0.506 e. The van der Waals surface area contributed by atoms with E-state index in [0.29, 0.717) is 16.9 Å². The number of hydrogen-bond acceptors (Lipinski definition) is 4. The molecule has 3 atom stereocenters. The van der Waals surface area contributed by atoms with Crippen molar-refractivity contribution >= 4 is 28.9 Å².